The molecule has 1 aliphatic rings. The van der Waals surface area contributed by atoms with Gasteiger partial charge in [-0.1, -0.05) is 36.0 Å². The predicted molar refractivity (Wildman–Crippen MR) is 141 cm³/mol. The molecule has 1 fully saturated rings. The van der Waals surface area contributed by atoms with E-state index in [2.05, 4.69) is 47.2 Å². The van der Waals surface area contributed by atoms with E-state index < -0.39 is 0 Å². The number of carbonyl (C=O) groups is 2. The SMILES string of the molecule is Cc1ccc(Sc2ncccc2C(=O)N2CCN(CC(=O)Nc3c(C)cccc3C)CC2)cc1C. The van der Waals surface area contributed by atoms with Crippen molar-refractivity contribution in [1.29, 1.82) is 0 Å². The summed E-state index contributed by atoms with van der Waals surface area (Å²) in [6.07, 6.45) is 1.73. The van der Waals surface area contributed by atoms with Crippen LogP contribution in [-0.4, -0.2) is 59.3 Å². The number of para-hydroxylation sites is 1. The molecule has 1 saturated heterocycles. The minimum absolute atomic E-state index is 0.0101. The van der Waals surface area contributed by atoms with Crippen molar-refractivity contribution < 1.29 is 9.59 Å². The van der Waals surface area contributed by atoms with Gasteiger partial charge in [-0.2, -0.15) is 0 Å². The number of nitrogens with zero attached hydrogens (tertiary/aromatic N) is 3. The van der Waals surface area contributed by atoms with Gasteiger partial charge in [-0.05, 0) is 74.2 Å². The summed E-state index contributed by atoms with van der Waals surface area (Å²) in [5.74, 6) is -0.0365. The molecule has 0 atom stereocenters. The third-order valence-corrected chi connectivity index (χ3v) is 7.48. The average molecular weight is 489 g/mol. The highest BCUT2D eigenvalue weighted by molar-refractivity contribution is 7.99. The molecule has 0 radical (unpaired) electrons. The summed E-state index contributed by atoms with van der Waals surface area (Å²) in [7, 11) is 0. The summed E-state index contributed by atoms with van der Waals surface area (Å²) in [5.41, 5.74) is 6.08. The Bertz CT molecular complexity index is 1220. The first-order valence-electron chi connectivity index (χ1n) is 11.9. The van der Waals surface area contributed by atoms with Crippen LogP contribution in [0, 0.1) is 27.7 Å². The number of rotatable bonds is 6. The number of piperazine rings is 1. The lowest BCUT2D eigenvalue weighted by atomic mass is 10.1. The zero-order valence-electron chi connectivity index (χ0n) is 20.8. The van der Waals surface area contributed by atoms with Crippen molar-refractivity contribution in [2.45, 2.75) is 37.6 Å². The number of hydrogen-bond acceptors (Lipinski definition) is 5. The number of carbonyl (C=O) groups excluding carboxylic acids is 2. The number of benzene rings is 2. The van der Waals surface area contributed by atoms with Crippen LogP contribution in [0.4, 0.5) is 5.69 Å². The second kappa shape index (κ2) is 11.1. The number of amides is 2. The second-order valence-corrected chi connectivity index (χ2v) is 10.1. The van der Waals surface area contributed by atoms with E-state index in [0.29, 0.717) is 38.3 Å². The molecule has 182 valence electrons. The predicted octanol–water partition coefficient (Wildman–Crippen LogP) is 4.86. The fourth-order valence-electron chi connectivity index (χ4n) is 4.20. The van der Waals surface area contributed by atoms with Gasteiger partial charge in [-0.3, -0.25) is 14.5 Å². The smallest absolute Gasteiger partial charge is 0.256 e. The van der Waals surface area contributed by atoms with Crippen LogP contribution in [0.25, 0.3) is 0 Å². The van der Waals surface area contributed by atoms with E-state index in [1.807, 2.05) is 49.1 Å². The van der Waals surface area contributed by atoms with Crippen LogP contribution in [-0.2, 0) is 4.79 Å². The summed E-state index contributed by atoms with van der Waals surface area (Å²) in [6.45, 7) is 11.0. The van der Waals surface area contributed by atoms with Crippen molar-refractivity contribution in [3.05, 3.63) is 82.5 Å². The zero-order valence-corrected chi connectivity index (χ0v) is 21.6. The van der Waals surface area contributed by atoms with E-state index in [1.165, 1.54) is 22.9 Å². The van der Waals surface area contributed by atoms with E-state index >= 15 is 0 Å². The molecule has 0 saturated carbocycles. The first-order chi connectivity index (χ1) is 16.8. The van der Waals surface area contributed by atoms with E-state index in [1.54, 1.807) is 6.20 Å². The van der Waals surface area contributed by atoms with Gasteiger partial charge in [-0.25, -0.2) is 4.98 Å². The molecule has 0 aliphatic carbocycles. The standard InChI is InChI=1S/C28H32N4O2S/c1-19-10-11-23(17-22(19)4)35-27-24(9-6-12-29-27)28(34)32-15-13-31(14-16-32)18-25(33)30-26-20(2)7-5-8-21(26)3/h5-12,17H,13-16,18H2,1-4H3,(H,30,33). The first kappa shape index (κ1) is 24.9. The van der Waals surface area contributed by atoms with Crippen LogP contribution in [0.3, 0.4) is 0 Å². The van der Waals surface area contributed by atoms with Gasteiger partial charge in [-0.15, -0.1) is 0 Å². The Labute approximate surface area is 211 Å². The van der Waals surface area contributed by atoms with Gasteiger partial charge in [0.25, 0.3) is 5.91 Å². The molecule has 1 N–H and O–H groups in total. The van der Waals surface area contributed by atoms with Crippen molar-refractivity contribution in [3.8, 4) is 0 Å². The summed E-state index contributed by atoms with van der Waals surface area (Å²) in [6, 6.07) is 15.9. The Kier molecular flexibility index (Phi) is 7.88. The third-order valence-electron chi connectivity index (χ3n) is 6.47. The summed E-state index contributed by atoms with van der Waals surface area (Å²) < 4.78 is 0. The Morgan fingerprint density at radius 2 is 1.60 bits per heavy atom. The number of hydrogen-bond donors (Lipinski definition) is 1. The molecule has 2 heterocycles. The Hall–Kier alpha value is -3.16. The number of anilines is 1. The molecule has 4 rings (SSSR count). The second-order valence-electron chi connectivity index (χ2n) is 9.09. The number of pyridine rings is 1. The van der Waals surface area contributed by atoms with Crippen molar-refractivity contribution in [2.75, 3.05) is 38.0 Å². The summed E-state index contributed by atoms with van der Waals surface area (Å²) >= 11 is 1.52. The normalized spacial score (nSPS) is 14.1. The monoisotopic (exact) mass is 488 g/mol. The molecule has 7 heteroatoms. The Morgan fingerprint density at radius 1 is 0.886 bits per heavy atom. The number of aromatic nitrogens is 1. The lowest BCUT2D eigenvalue weighted by Gasteiger charge is -2.34. The van der Waals surface area contributed by atoms with Crippen molar-refractivity contribution in [1.82, 2.24) is 14.8 Å². The highest BCUT2D eigenvalue weighted by atomic mass is 32.2. The van der Waals surface area contributed by atoms with Gasteiger partial charge in [0, 0.05) is 43.0 Å². The minimum Gasteiger partial charge on any atom is -0.336 e. The lowest BCUT2D eigenvalue weighted by Crippen LogP contribution is -2.50. The molecule has 1 aromatic heterocycles. The van der Waals surface area contributed by atoms with Crippen LogP contribution in [0.5, 0.6) is 0 Å². The maximum Gasteiger partial charge on any atom is 0.256 e. The van der Waals surface area contributed by atoms with Crippen LogP contribution in [0.1, 0.15) is 32.6 Å². The topological polar surface area (TPSA) is 65.5 Å². The van der Waals surface area contributed by atoms with E-state index in [4.69, 9.17) is 0 Å². The largest absolute Gasteiger partial charge is 0.336 e. The molecule has 0 unspecified atom stereocenters. The highest BCUT2D eigenvalue weighted by Crippen LogP contribution is 2.30. The molecule has 0 spiro atoms. The van der Waals surface area contributed by atoms with Crippen molar-refractivity contribution in [2.24, 2.45) is 0 Å². The lowest BCUT2D eigenvalue weighted by molar-refractivity contribution is -0.117. The molecule has 6 nitrogen and oxygen atoms in total. The van der Waals surface area contributed by atoms with Crippen molar-refractivity contribution in [3.63, 3.8) is 0 Å². The Balaban J connectivity index is 1.35. The van der Waals surface area contributed by atoms with Crippen LogP contribution >= 0.6 is 11.8 Å². The summed E-state index contributed by atoms with van der Waals surface area (Å²) in [4.78, 5) is 35.5. The molecule has 1 aliphatic heterocycles. The highest BCUT2D eigenvalue weighted by Gasteiger charge is 2.25. The molecule has 0 bridgehead atoms. The fraction of sp³-hybridized carbons (Fsp3) is 0.321. The van der Waals surface area contributed by atoms with Gasteiger partial charge in [0.2, 0.25) is 5.91 Å². The molecule has 2 aromatic carbocycles. The van der Waals surface area contributed by atoms with Gasteiger partial charge in [0.05, 0.1) is 12.1 Å². The van der Waals surface area contributed by atoms with Gasteiger partial charge < -0.3 is 10.2 Å². The third kappa shape index (κ3) is 6.10. The van der Waals surface area contributed by atoms with Crippen LogP contribution in [0.2, 0.25) is 0 Å². The average Bonchev–Trinajstić information content (AvgIpc) is 2.84. The minimum atomic E-state index is -0.0264. The van der Waals surface area contributed by atoms with Crippen molar-refractivity contribution >= 4 is 29.3 Å². The molecular weight excluding hydrogens is 456 g/mol. The van der Waals surface area contributed by atoms with Gasteiger partial charge in [0.15, 0.2) is 0 Å². The number of aryl methyl sites for hydroxylation is 4. The quantitative estimate of drug-likeness (QED) is 0.537. The van der Waals surface area contributed by atoms with Crippen LogP contribution in [0.15, 0.2) is 64.6 Å². The maximum absolute atomic E-state index is 13.4. The van der Waals surface area contributed by atoms with E-state index in [9.17, 15) is 9.59 Å². The molecule has 2 amide bonds. The summed E-state index contributed by atoms with van der Waals surface area (Å²) in [5, 5.41) is 3.77. The zero-order chi connectivity index (χ0) is 24.9. The first-order valence-corrected chi connectivity index (χ1v) is 12.7. The molecule has 3 aromatic rings. The van der Waals surface area contributed by atoms with Gasteiger partial charge >= 0.3 is 0 Å². The fourth-order valence-corrected chi connectivity index (χ4v) is 5.17. The van der Waals surface area contributed by atoms with E-state index in [0.717, 1.165) is 26.7 Å². The van der Waals surface area contributed by atoms with E-state index in [-0.39, 0.29) is 11.8 Å². The molecule has 35 heavy (non-hydrogen) atoms. The molecular formula is C28H32N4O2S. The van der Waals surface area contributed by atoms with Gasteiger partial charge in [0.1, 0.15) is 5.03 Å². The Morgan fingerprint density at radius 3 is 2.29 bits per heavy atom. The number of nitrogens with one attached hydrogen (secondary N) is 1. The maximum atomic E-state index is 13.4. The van der Waals surface area contributed by atoms with Crippen LogP contribution < -0.4 is 5.32 Å².